The second kappa shape index (κ2) is 6.03. The van der Waals surface area contributed by atoms with Crippen molar-refractivity contribution in [3.05, 3.63) is 21.8 Å². The molecule has 0 fully saturated rings. The molecule has 5 heteroatoms. The average molecular weight is 321 g/mol. The Morgan fingerprint density at radius 3 is 2.71 bits per heavy atom. The SMILES string of the molecule is CC(C)(C)CC(N)CNc1ncc(Cl)cc1Br. The fraction of sp³-hybridized carbons (Fsp3) is 0.583. The van der Waals surface area contributed by atoms with Gasteiger partial charge in [0.15, 0.2) is 0 Å². The van der Waals surface area contributed by atoms with Gasteiger partial charge < -0.3 is 11.1 Å². The first-order valence-corrected chi connectivity index (χ1v) is 6.75. The molecule has 1 aromatic rings. The third kappa shape index (κ3) is 5.70. The smallest absolute Gasteiger partial charge is 0.140 e. The zero-order valence-electron chi connectivity index (χ0n) is 10.4. The van der Waals surface area contributed by atoms with E-state index in [0.29, 0.717) is 11.6 Å². The van der Waals surface area contributed by atoms with Gasteiger partial charge in [0.25, 0.3) is 0 Å². The lowest BCUT2D eigenvalue weighted by atomic mass is 9.88. The van der Waals surface area contributed by atoms with Crippen LogP contribution in [0.15, 0.2) is 16.7 Å². The van der Waals surface area contributed by atoms with Gasteiger partial charge in [-0.15, -0.1) is 0 Å². The van der Waals surface area contributed by atoms with Gasteiger partial charge in [-0.05, 0) is 33.8 Å². The highest BCUT2D eigenvalue weighted by atomic mass is 79.9. The van der Waals surface area contributed by atoms with Gasteiger partial charge in [-0.25, -0.2) is 4.98 Å². The number of hydrogen-bond acceptors (Lipinski definition) is 3. The lowest BCUT2D eigenvalue weighted by Crippen LogP contribution is -2.33. The first-order chi connectivity index (χ1) is 7.78. The highest BCUT2D eigenvalue weighted by Gasteiger charge is 2.15. The number of aromatic nitrogens is 1. The summed E-state index contributed by atoms with van der Waals surface area (Å²) in [5, 5.41) is 3.83. The molecule has 3 N–H and O–H groups in total. The Morgan fingerprint density at radius 2 is 2.18 bits per heavy atom. The molecule has 0 radical (unpaired) electrons. The van der Waals surface area contributed by atoms with Crippen LogP contribution in [0.1, 0.15) is 27.2 Å². The van der Waals surface area contributed by atoms with Crippen LogP contribution in [0.4, 0.5) is 5.82 Å². The Morgan fingerprint density at radius 1 is 1.53 bits per heavy atom. The van der Waals surface area contributed by atoms with E-state index in [2.05, 4.69) is 47.0 Å². The fourth-order valence-electron chi connectivity index (χ4n) is 1.63. The van der Waals surface area contributed by atoms with Crippen LogP contribution in [0.5, 0.6) is 0 Å². The maximum Gasteiger partial charge on any atom is 0.140 e. The molecule has 0 aliphatic heterocycles. The Kier molecular flexibility index (Phi) is 5.22. The molecule has 1 atom stereocenters. The molecule has 0 aliphatic rings. The van der Waals surface area contributed by atoms with E-state index in [1.165, 1.54) is 0 Å². The minimum atomic E-state index is 0.111. The molecule has 3 nitrogen and oxygen atoms in total. The number of pyridine rings is 1. The summed E-state index contributed by atoms with van der Waals surface area (Å²) in [7, 11) is 0. The largest absolute Gasteiger partial charge is 0.368 e. The van der Waals surface area contributed by atoms with E-state index < -0.39 is 0 Å². The number of nitrogens with zero attached hydrogens (tertiary/aromatic N) is 1. The molecule has 1 unspecified atom stereocenters. The van der Waals surface area contributed by atoms with Crippen LogP contribution in [0, 0.1) is 5.41 Å². The summed E-state index contributed by atoms with van der Waals surface area (Å²) >= 11 is 9.23. The molecular formula is C12H19BrClN3. The quantitative estimate of drug-likeness (QED) is 0.890. The van der Waals surface area contributed by atoms with Crippen molar-refractivity contribution in [2.24, 2.45) is 11.1 Å². The molecule has 0 saturated carbocycles. The van der Waals surface area contributed by atoms with E-state index >= 15 is 0 Å². The first kappa shape index (κ1) is 14.7. The standard InChI is InChI=1S/C12H19BrClN3/c1-12(2,3)5-9(15)7-17-11-10(13)4-8(14)6-16-11/h4,6,9H,5,7,15H2,1-3H3,(H,16,17). The molecular weight excluding hydrogens is 302 g/mol. The van der Waals surface area contributed by atoms with Crippen molar-refractivity contribution in [1.29, 1.82) is 0 Å². The molecule has 1 aromatic heterocycles. The third-order valence-corrected chi connectivity index (χ3v) is 3.03. The topological polar surface area (TPSA) is 50.9 Å². The molecule has 0 amide bonds. The van der Waals surface area contributed by atoms with Gasteiger partial charge in [-0.1, -0.05) is 32.4 Å². The van der Waals surface area contributed by atoms with Crippen molar-refractivity contribution in [1.82, 2.24) is 4.98 Å². The second-order valence-corrected chi connectivity index (χ2v) is 6.68. The van der Waals surface area contributed by atoms with Gasteiger partial charge in [0.2, 0.25) is 0 Å². The van der Waals surface area contributed by atoms with Crippen LogP contribution in [0.2, 0.25) is 5.02 Å². The van der Waals surface area contributed by atoms with Crippen molar-refractivity contribution in [3.63, 3.8) is 0 Å². The number of nitrogens with one attached hydrogen (secondary N) is 1. The molecule has 1 heterocycles. The number of anilines is 1. The van der Waals surface area contributed by atoms with Gasteiger partial charge >= 0.3 is 0 Å². The number of hydrogen-bond donors (Lipinski definition) is 2. The van der Waals surface area contributed by atoms with Crippen molar-refractivity contribution in [3.8, 4) is 0 Å². The van der Waals surface area contributed by atoms with Crippen LogP contribution < -0.4 is 11.1 Å². The summed E-state index contributed by atoms with van der Waals surface area (Å²) in [5.41, 5.74) is 6.30. The average Bonchev–Trinajstić information content (AvgIpc) is 2.13. The number of halogens is 2. The van der Waals surface area contributed by atoms with E-state index in [9.17, 15) is 0 Å². The van der Waals surface area contributed by atoms with E-state index in [4.69, 9.17) is 17.3 Å². The van der Waals surface area contributed by atoms with Crippen molar-refractivity contribution in [2.75, 3.05) is 11.9 Å². The van der Waals surface area contributed by atoms with Crippen molar-refractivity contribution < 1.29 is 0 Å². The maximum atomic E-state index is 6.06. The van der Waals surface area contributed by atoms with Crippen molar-refractivity contribution in [2.45, 2.75) is 33.2 Å². The predicted octanol–water partition coefficient (Wildman–Crippen LogP) is 3.67. The van der Waals surface area contributed by atoms with Crippen molar-refractivity contribution >= 4 is 33.3 Å². The normalized spacial score (nSPS) is 13.5. The van der Waals surface area contributed by atoms with Crippen LogP contribution in [0.25, 0.3) is 0 Å². The fourth-order valence-corrected chi connectivity index (χ4v) is 2.41. The first-order valence-electron chi connectivity index (χ1n) is 5.58. The van der Waals surface area contributed by atoms with Crippen LogP contribution in [-0.4, -0.2) is 17.6 Å². The molecule has 0 bridgehead atoms. The zero-order chi connectivity index (χ0) is 13.1. The van der Waals surface area contributed by atoms with E-state index in [1.54, 1.807) is 6.20 Å². The summed E-state index contributed by atoms with van der Waals surface area (Å²) in [6.07, 6.45) is 2.58. The molecule has 17 heavy (non-hydrogen) atoms. The molecule has 0 spiro atoms. The summed E-state index contributed by atoms with van der Waals surface area (Å²) in [6, 6.07) is 1.92. The van der Waals surface area contributed by atoms with Crippen LogP contribution >= 0.6 is 27.5 Å². The molecule has 0 saturated heterocycles. The Bertz CT molecular complexity index is 377. The highest BCUT2D eigenvalue weighted by Crippen LogP contribution is 2.24. The highest BCUT2D eigenvalue weighted by molar-refractivity contribution is 9.10. The maximum absolute atomic E-state index is 6.06. The Balaban J connectivity index is 2.50. The van der Waals surface area contributed by atoms with E-state index in [1.807, 2.05) is 6.07 Å². The monoisotopic (exact) mass is 319 g/mol. The summed E-state index contributed by atoms with van der Waals surface area (Å²) in [5.74, 6) is 0.777. The van der Waals surface area contributed by atoms with Gasteiger partial charge in [0.1, 0.15) is 5.82 Å². The van der Waals surface area contributed by atoms with Crippen LogP contribution in [0.3, 0.4) is 0 Å². The Hall–Kier alpha value is -0.320. The van der Waals surface area contributed by atoms with Gasteiger partial charge in [-0.3, -0.25) is 0 Å². The lowest BCUT2D eigenvalue weighted by Gasteiger charge is -2.23. The summed E-state index contributed by atoms with van der Waals surface area (Å²) in [4.78, 5) is 4.20. The molecule has 96 valence electrons. The zero-order valence-corrected chi connectivity index (χ0v) is 12.8. The second-order valence-electron chi connectivity index (χ2n) is 5.39. The van der Waals surface area contributed by atoms with E-state index in [-0.39, 0.29) is 11.5 Å². The van der Waals surface area contributed by atoms with Gasteiger partial charge in [0, 0.05) is 18.8 Å². The minimum absolute atomic E-state index is 0.111. The molecule has 0 aromatic carbocycles. The summed E-state index contributed by atoms with van der Waals surface area (Å²) < 4.78 is 0.855. The molecule has 0 aliphatic carbocycles. The van der Waals surface area contributed by atoms with Gasteiger partial charge in [-0.2, -0.15) is 0 Å². The minimum Gasteiger partial charge on any atom is -0.368 e. The predicted molar refractivity (Wildman–Crippen MR) is 77.5 cm³/mol. The summed E-state index contributed by atoms with van der Waals surface area (Å²) in [6.45, 7) is 7.25. The molecule has 1 rings (SSSR count). The Labute approximate surface area is 116 Å². The third-order valence-electron chi connectivity index (χ3n) is 2.21. The number of rotatable bonds is 4. The van der Waals surface area contributed by atoms with Gasteiger partial charge in [0.05, 0.1) is 9.50 Å². The van der Waals surface area contributed by atoms with E-state index in [0.717, 1.165) is 16.7 Å². The number of nitrogens with two attached hydrogens (primary N) is 1. The lowest BCUT2D eigenvalue weighted by molar-refractivity contribution is 0.344. The van der Waals surface area contributed by atoms with Crippen LogP contribution in [-0.2, 0) is 0 Å².